The molecule has 0 aliphatic carbocycles. The van der Waals surface area contributed by atoms with Crippen LogP contribution in [0, 0.1) is 0 Å². The van der Waals surface area contributed by atoms with E-state index in [0.717, 1.165) is 33.7 Å². The Kier molecular flexibility index (Phi) is 5.88. The second-order valence-corrected chi connectivity index (χ2v) is 6.16. The summed E-state index contributed by atoms with van der Waals surface area (Å²) in [5.41, 5.74) is 2.56. The SMILES string of the molecule is CCCOc1ccc2nc(-c3ccc(OCCOC)cc3)c(Br)n2n1. The third kappa shape index (κ3) is 4.11. The molecule has 0 radical (unpaired) electrons. The molecule has 0 saturated carbocycles. The summed E-state index contributed by atoms with van der Waals surface area (Å²) in [6.07, 6.45) is 0.939. The van der Waals surface area contributed by atoms with Crippen LogP contribution in [0.4, 0.5) is 0 Å². The van der Waals surface area contributed by atoms with Crippen molar-refractivity contribution >= 4 is 21.6 Å². The summed E-state index contributed by atoms with van der Waals surface area (Å²) in [5, 5.41) is 4.47. The average Bonchev–Trinajstić information content (AvgIpc) is 2.97. The molecule has 0 N–H and O–H groups in total. The molecule has 6 nitrogen and oxygen atoms in total. The van der Waals surface area contributed by atoms with E-state index in [4.69, 9.17) is 14.2 Å². The van der Waals surface area contributed by atoms with Gasteiger partial charge in [0.2, 0.25) is 5.88 Å². The Morgan fingerprint density at radius 1 is 1.00 bits per heavy atom. The summed E-state index contributed by atoms with van der Waals surface area (Å²) < 4.78 is 18.7. The Morgan fingerprint density at radius 3 is 2.52 bits per heavy atom. The summed E-state index contributed by atoms with van der Waals surface area (Å²) in [6.45, 7) is 3.79. The van der Waals surface area contributed by atoms with Gasteiger partial charge in [-0.1, -0.05) is 6.92 Å². The molecule has 0 fully saturated rings. The number of aromatic nitrogens is 3. The summed E-state index contributed by atoms with van der Waals surface area (Å²) in [7, 11) is 1.65. The van der Waals surface area contributed by atoms with Gasteiger partial charge in [-0.15, -0.1) is 5.10 Å². The van der Waals surface area contributed by atoms with Crippen LogP contribution in [0.15, 0.2) is 41.0 Å². The topological polar surface area (TPSA) is 57.9 Å². The highest BCUT2D eigenvalue weighted by atomic mass is 79.9. The zero-order valence-corrected chi connectivity index (χ0v) is 15.8. The molecule has 0 amide bonds. The van der Waals surface area contributed by atoms with Gasteiger partial charge in [0.15, 0.2) is 5.65 Å². The number of hydrogen-bond donors (Lipinski definition) is 0. The highest BCUT2D eigenvalue weighted by Crippen LogP contribution is 2.30. The lowest BCUT2D eigenvalue weighted by Crippen LogP contribution is -2.03. The van der Waals surface area contributed by atoms with Crippen molar-refractivity contribution in [2.45, 2.75) is 13.3 Å². The minimum absolute atomic E-state index is 0.526. The van der Waals surface area contributed by atoms with Gasteiger partial charge >= 0.3 is 0 Å². The summed E-state index contributed by atoms with van der Waals surface area (Å²) in [4.78, 5) is 4.65. The molecule has 0 bridgehead atoms. The lowest BCUT2D eigenvalue weighted by molar-refractivity contribution is 0.146. The molecule has 7 heteroatoms. The normalized spacial score (nSPS) is 11.0. The van der Waals surface area contributed by atoms with Crippen LogP contribution in [0.25, 0.3) is 16.9 Å². The first-order chi connectivity index (χ1) is 12.2. The van der Waals surface area contributed by atoms with Crippen molar-refractivity contribution in [3.05, 3.63) is 41.0 Å². The van der Waals surface area contributed by atoms with Crippen LogP contribution >= 0.6 is 15.9 Å². The zero-order valence-electron chi connectivity index (χ0n) is 14.2. The molecule has 0 aliphatic rings. The first-order valence-corrected chi connectivity index (χ1v) is 8.92. The van der Waals surface area contributed by atoms with E-state index in [1.54, 1.807) is 11.6 Å². The van der Waals surface area contributed by atoms with Gasteiger partial charge in [-0.05, 0) is 52.7 Å². The molecule has 0 unspecified atom stereocenters. The van der Waals surface area contributed by atoms with Gasteiger partial charge in [0.25, 0.3) is 0 Å². The van der Waals surface area contributed by atoms with Crippen LogP contribution in [-0.4, -0.2) is 41.5 Å². The van der Waals surface area contributed by atoms with E-state index in [-0.39, 0.29) is 0 Å². The van der Waals surface area contributed by atoms with Crippen molar-refractivity contribution in [1.82, 2.24) is 14.6 Å². The minimum Gasteiger partial charge on any atom is -0.491 e. The fourth-order valence-electron chi connectivity index (χ4n) is 2.31. The quantitative estimate of drug-likeness (QED) is 0.530. The molecule has 2 aromatic heterocycles. The number of fused-ring (bicyclic) bond motifs is 1. The number of methoxy groups -OCH3 is 1. The molecule has 132 valence electrons. The van der Waals surface area contributed by atoms with E-state index >= 15 is 0 Å². The van der Waals surface area contributed by atoms with Crippen molar-refractivity contribution in [3.63, 3.8) is 0 Å². The third-order valence-corrected chi connectivity index (χ3v) is 4.25. The van der Waals surface area contributed by atoms with E-state index in [2.05, 4.69) is 32.9 Å². The molecule has 3 aromatic rings. The summed E-state index contributed by atoms with van der Waals surface area (Å²) in [5.74, 6) is 1.38. The predicted octanol–water partition coefficient (Wildman–Crippen LogP) is 3.97. The predicted molar refractivity (Wildman–Crippen MR) is 99.3 cm³/mol. The monoisotopic (exact) mass is 405 g/mol. The van der Waals surface area contributed by atoms with Crippen LogP contribution in [0.1, 0.15) is 13.3 Å². The van der Waals surface area contributed by atoms with Crippen LogP contribution in [0.3, 0.4) is 0 Å². The minimum atomic E-state index is 0.526. The van der Waals surface area contributed by atoms with Gasteiger partial charge in [0, 0.05) is 18.7 Å². The molecule has 0 saturated heterocycles. The largest absolute Gasteiger partial charge is 0.491 e. The van der Waals surface area contributed by atoms with Gasteiger partial charge in [-0.3, -0.25) is 0 Å². The molecule has 0 spiro atoms. The van der Waals surface area contributed by atoms with Crippen molar-refractivity contribution < 1.29 is 14.2 Å². The second kappa shape index (κ2) is 8.31. The summed E-state index contributed by atoms with van der Waals surface area (Å²) >= 11 is 3.60. The Labute approximate surface area is 154 Å². The van der Waals surface area contributed by atoms with E-state index < -0.39 is 0 Å². The maximum atomic E-state index is 5.59. The first kappa shape index (κ1) is 17.7. The van der Waals surface area contributed by atoms with Gasteiger partial charge < -0.3 is 14.2 Å². The highest BCUT2D eigenvalue weighted by Gasteiger charge is 2.13. The molecule has 25 heavy (non-hydrogen) atoms. The summed E-state index contributed by atoms with van der Waals surface area (Å²) in [6, 6.07) is 11.5. The molecule has 0 atom stereocenters. The maximum absolute atomic E-state index is 5.59. The smallest absolute Gasteiger partial charge is 0.231 e. The molecule has 0 aliphatic heterocycles. The number of imidazole rings is 1. The number of hydrogen-bond acceptors (Lipinski definition) is 5. The molecule has 1 aromatic carbocycles. The lowest BCUT2D eigenvalue weighted by atomic mass is 10.2. The zero-order chi connectivity index (χ0) is 17.6. The van der Waals surface area contributed by atoms with Gasteiger partial charge in [-0.25, -0.2) is 9.50 Å². The second-order valence-electron chi connectivity index (χ2n) is 5.41. The van der Waals surface area contributed by atoms with Gasteiger partial charge in [0.1, 0.15) is 22.7 Å². The van der Waals surface area contributed by atoms with E-state index in [1.807, 2.05) is 36.4 Å². The Morgan fingerprint density at radius 2 is 1.80 bits per heavy atom. The highest BCUT2D eigenvalue weighted by molar-refractivity contribution is 9.10. The first-order valence-electron chi connectivity index (χ1n) is 8.13. The van der Waals surface area contributed by atoms with Gasteiger partial charge in [-0.2, -0.15) is 0 Å². The number of nitrogens with zero attached hydrogens (tertiary/aromatic N) is 3. The van der Waals surface area contributed by atoms with E-state index in [1.165, 1.54) is 0 Å². The fourth-order valence-corrected chi connectivity index (χ4v) is 2.89. The lowest BCUT2D eigenvalue weighted by Gasteiger charge is -2.06. The fraction of sp³-hybridized carbons (Fsp3) is 0.333. The van der Waals surface area contributed by atoms with E-state index in [0.29, 0.717) is 25.7 Å². The van der Waals surface area contributed by atoms with Gasteiger partial charge in [0.05, 0.1) is 13.2 Å². The number of ether oxygens (including phenoxy) is 3. The number of halogens is 1. The Balaban J connectivity index is 1.84. The van der Waals surface area contributed by atoms with E-state index in [9.17, 15) is 0 Å². The Bertz CT molecular complexity index is 833. The Hall–Kier alpha value is -2.12. The van der Waals surface area contributed by atoms with Crippen LogP contribution in [0.2, 0.25) is 0 Å². The standard InChI is InChI=1S/C18H20BrN3O3/c1-3-10-25-16-9-8-15-20-17(18(19)22(15)21-16)13-4-6-14(7-5-13)24-12-11-23-2/h4-9H,3,10-12H2,1-2H3. The van der Waals surface area contributed by atoms with Crippen LogP contribution in [0.5, 0.6) is 11.6 Å². The molecule has 2 heterocycles. The van der Waals surface area contributed by atoms with Crippen LogP contribution < -0.4 is 9.47 Å². The third-order valence-electron chi connectivity index (χ3n) is 3.54. The number of benzene rings is 1. The van der Waals surface area contributed by atoms with Crippen molar-refractivity contribution in [3.8, 4) is 22.9 Å². The van der Waals surface area contributed by atoms with Crippen molar-refractivity contribution in [2.24, 2.45) is 0 Å². The van der Waals surface area contributed by atoms with Crippen molar-refractivity contribution in [1.29, 1.82) is 0 Å². The molecular formula is C18H20BrN3O3. The molecular weight excluding hydrogens is 386 g/mol. The number of rotatable bonds is 8. The maximum Gasteiger partial charge on any atom is 0.231 e. The molecule has 3 rings (SSSR count). The van der Waals surface area contributed by atoms with Crippen molar-refractivity contribution in [2.75, 3.05) is 26.9 Å². The van der Waals surface area contributed by atoms with Crippen LogP contribution in [-0.2, 0) is 4.74 Å². The average molecular weight is 406 g/mol.